The number of amides is 1. The van der Waals surface area contributed by atoms with Crippen molar-refractivity contribution < 1.29 is 23.1 Å². The molecule has 1 heterocycles. The number of hydrogen-bond acceptors (Lipinski definition) is 4. The van der Waals surface area contributed by atoms with Crippen molar-refractivity contribution in [1.29, 1.82) is 0 Å². The normalized spacial score (nSPS) is 12.7. The van der Waals surface area contributed by atoms with E-state index in [-0.39, 0.29) is 27.6 Å². The Morgan fingerprint density at radius 1 is 1.23 bits per heavy atom. The van der Waals surface area contributed by atoms with Crippen molar-refractivity contribution in [3.05, 3.63) is 63.9 Å². The molecule has 0 saturated carbocycles. The third-order valence-electron chi connectivity index (χ3n) is 3.34. The highest BCUT2D eigenvalue weighted by Crippen LogP contribution is 2.37. The van der Waals surface area contributed by atoms with Gasteiger partial charge in [0, 0.05) is 23.5 Å². The van der Waals surface area contributed by atoms with Gasteiger partial charge in [0.1, 0.15) is 0 Å². The van der Waals surface area contributed by atoms with Crippen LogP contribution in [0, 0.1) is 0 Å². The maximum Gasteiger partial charge on any atom is 0.507 e. The summed E-state index contributed by atoms with van der Waals surface area (Å²) in [6.45, 7) is 1.79. The second kappa shape index (κ2) is 9.23. The minimum Gasteiger partial charge on any atom is -0.286 e. The van der Waals surface area contributed by atoms with Gasteiger partial charge >= 0.3 is 6.29 Å². The maximum atomic E-state index is 14.1. The number of aromatic nitrogens is 1. The lowest BCUT2D eigenvalue weighted by Gasteiger charge is -2.24. The number of benzene rings is 1. The number of nitrogens with one attached hydrogen (secondary N) is 1. The molecule has 1 amide bonds. The topological polar surface area (TPSA) is 60.5 Å². The van der Waals surface area contributed by atoms with Crippen molar-refractivity contribution in [2.75, 3.05) is 0 Å². The minimum absolute atomic E-state index is 0.0973. The van der Waals surface area contributed by atoms with Crippen LogP contribution >= 0.6 is 23.2 Å². The number of alkyl halides is 2. The quantitative estimate of drug-likeness (QED) is 0.487. The monoisotopic (exact) mass is 404 g/mol. The van der Waals surface area contributed by atoms with E-state index in [1.807, 2.05) is 0 Å². The zero-order valence-corrected chi connectivity index (χ0v) is 15.2. The van der Waals surface area contributed by atoms with Crippen molar-refractivity contribution in [3.63, 3.8) is 0 Å². The highest BCUT2D eigenvalue weighted by atomic mass is 35.5. The van der Waals surface area contributed by atoms with Gasteiger partial charge in [0.05, 0.1) is 16.1 Å². The number of hydroxylamine groups is 1. The first-order valence-corrected chi connectivity index (χ1v) is 8.47. The lowest BCUT2D eigenvalue weighted by Crippen LogP contribution is -2.37. The summed E-state index contributed by atoms with van der Waals surface area (Å²) in [7, 11) is 0. The average molecular weight is 405 g/mol. The van der Waals surface area contributed by atoms with Crippen molar-refractivity contribution in [3.8, 4) is 0 Å². The summed E-state index contributed by atoms with van der Waals surface area (Å²) >= 11 is 12.0. The van der Waals surface area contributed by atoms with Crippen LogP contribution in [0.2, 0.25) is 10.0 Å². The maximum absolute atomic E-state index is 14.1. The number of halogens is 4. The Morgan fingerprint density at radius 2 is 1.85 bits per heavy atom. The Hall–Kier alpha value is -1.80. The predicted molar refractivity (Wildman–Crippen MR) is 92.9 cm³/mol. The number of pyridine rings is 1. The van der Waals surface area contributed by atoms with Gasteiger partial charge in [0.25, 0.3) is 5.91 Å². The first-order chi connectivity index (χ1) is 12.3. The summed E-state index contributed by atoms with van der Waals surface area (Å²) in [6.07, 6.45) is -1.95. The number of rotatable bonds is 8. The summed E-state index contributed by atoms with van der Waals surface area (Å²) in [5.74, 6) is -0.833. The molecule has 0 aliphatic carbocycles. The van der Waals surface area contributed by atoms with Gasteiger partial charge in [-0.3, -0.25) is 14.5 Å². The van der Waals surface area contributed by atoms with Crippen LogP contribution in [0.4, 0.5) is 8.78 Å². The molecule has 0 fully saturated rings. The van der Waals surface area contributed by atoms with Gasteiger partial charge < -0.3 is 0 Å². The molecule has 0 aliphatic heterocycles. The smallest absolute Gasteiger partial charge is 0.286 e. The van der Waals surface area contributed by atoms with E-state index in [4.69, 9.17) is 27.9 Å². The number of ether oxygens (including phenoxy) is 1. The molecule has 0 spiro atoms. The summed E-state index contributed by atoms with van der Waals surface area (Å²) in [6, 6.07) is 7.78. The third kappa shape index (κ3) is 5.60. The summed E-state index contributed by atoms with van der Waals surface area (Å²) in [5, 5.41) is 0.195. The number of carbonyl (C=O) groups is 1. The van der Waals surface area contributed by atoms with E-state index in [1.165, 1.54) is 24.5 Å². The SMILES string of the molecule is CCCC(OC(F)(F)ONC(=O)c1ccccc1)c1c(Cl)cncc1Cl. The van der Waals surface area contributed by atoms with Crippen LogP contribution in [-0.4, -0.2) is 17.2 Å². The van der Waals surface area contributed by atoms with E-state index in [2.05, 4.69) is 9.82 Å². The van der Waals surface area contributed by atoms with Gasteiger partial charge in [0.2, 0.25) is 0 Å². The summed E-state index contributed by atoms with van der Waals surface area (Å²) in [4.78, 5) is 19.8. The van der Waals surface area contributed by atoms with Crippen LogP contribution in [0.3, 0.4) is 0 Å². The van der Waals surface area contributed by atoms with Crippen molar-refractivity contribution in [1.82, 2.24) is 10.5 Å². The van der Waals surface area contributed by atoms with Gasteiger partial charge in [-0.2, -0.15) is 4.84 Å². The highest BCUT2D eigenvalue weighted by Gasteiger charge is 2.38. The lowest BCUT2D eigenvalue weighted by atomic mass is 10.1. The first-order valence-electron chi connectivity index (χ1n) is 7.72. The summed E-state index contributed by atoms with van der Waals surface area (Å²) < 4.78 is 32.9. The van der Waals surface area contributed by atoms with E-state index >= 15 is 0 Å². The molecule has 1 aromatic carbocycles. The number of hydrogen-bond donors (Lipinski definition) is 1. The third-order valence-corrected chi connectivity index (χ3v) is 3.94. The molecule has 5 nitrogen and oxygen atoms in total. The molecule has 0 saturated heterocycles. The Labute approximate surface area is 159 Å². The van der Waals surface area contributed by atoms with E-state index in [9.17, 15) is 13.6 Å². The second-order valence-electron chi connectivity index (χ2n) is 5.27. The molecular weight excluding hydrogens is 389 g/mol. The van der Waals surface area contributed by atoms with Crippen LogP contribution in [0.25, 0.3) is 0 Å². The standard InChI is InChI=1S/C17H16Cl2F2N2O3/c1-2-6-14(15-12(18)9-22-10-13(15)19)25-17(20,21)26-23-16(24)11-7-4-3-5-8-11/h3-5,7-10,14H,2,6H2,1H3,(H,23,24). The molecular formula is C17H16Cl2F2N2O3. The van der Waals surface area contributed by atoms with Crippen LogP contribution in [0.5, 0.6) is 0 Å². The molecule has 0 radical (unpaired) electrons. The molecule has 0 bridgehead atoms. The van der Waals surface area contributed by atoms with Gasteiger partial charge in [0.15, 0.2) is 0 Å². The number of carbonyl (C=O) groups excluding carboxylic acids is 1. The molecule has 2 rings (SSSR count). The average Bonchev–Trinajstić information content (AvgIpc) is 2.60. The first kappa shape index (κ1) is 20.5. The molecule has 1 aromatic heterocycles. The highest BCUT2D eigenvalue weighted by molar-refractivity contribution is 6.35. The summed E-state index contributed by atoms with van der Waals surface area (Å²) in [5.41, 5.74) is 2.02. The predicted octanol–water partition coefficient (Wildman–Crippen LogP) is 5.16. The van der Waals surface area contributed by atoms with Gasteiger partial charge in [-0.05, 0) is 18.6 Å². The molecule has 2 aromatic rings. The molecule has 1 N–H and O–H groups in total. The lowest BCUT2D eigenvalue weighted by molar-refractivity contribution is -0.421. The van der Waals surface area contributed by atoms with Gasteiger partial charge in [-0.15, -0.1) is 8.78 Å². The molecule has 26 heavy (non-hydrogen) atoms. The fourth-order valence-electron chi connectivity index (χ4n) is 2.20. The fraction of sp³-hybridized carbons (Fsp3) is 0.294. The fourth-order valence-corrected chi connectivity index (χ4v) is 2.81. The van der Waals surface area contributed by atoms with Crippen LogP contribution in [0.1, 0.15) is 41.8 Å². The molecule has 1 atom stereocenters. The van der Waals surface area contributed by atoms with Crippen molar-refractivity contribution in [2.24, 2.45) is 0 Å². The molecule has 9 heteroatoms. The van der Waals surface area contributed by atoms with E-state index < -0.39 is 18.3 Å². The van der Waals surface area contributed by atoms with E-state index in [1.54, 1.807) is 30.6 Å². The Kier molecular flexibility index (Phi) is 7.28. The molecule has 1 unspecified atom stereocenters. The second-order valence-corrected chi connectivity index (χ2v) is 6.09. The zero-order chi connectivity index (χ0) is 19.2. The van der Waals surface area contributed by atoms with Crippen LogP contribution < -0.4 is 5.48 Å². The number of nitrogens with zero attached hydrogens (tertiary/aromatic N) is 1. The van der Waals surface area contributed by atoms with E-state index in [0.29, 0.717) is 6.42 Å². The minimum atomic E-state index is -4.10. The Bertz CT molecular complexity index is 728. The molecule has 140 valence electrons. The van der Waals surface area contributed by atoms with Crippen LogP contribution in [0.15, 0.2) is 42.7 Å². The Balaban J connectivity index is 2.08. The van der Waals surface area contributed by atoms with Gasteiger partial charge in [-0.25, -0.2) is 5.48 Å². The largest absolute Gasteiger partial charge is 0.507 e. The van der Waals surface area contributed by atoms with Gasteiger partial charge in [-0.1, -0.05) is 54.7 Å². The zero-order valence-electron chi connectivity index (χ0n) is 13.7. The Morgan fingerprint density at radius 3 is 2.42 bits per heavy atom. The van der Waals surface area contributed by atoms with Crippen molar-refractivity contribution >= 4 is 29.1 Å². The molecule has 0 aliphatic rings. The van der Waals surface area contributed by atoms with Crippen LogP contribution in [-0.2, 0) is 9.57 Å². The van der Waals surface area contributed by atoms with Crippen molar-refractivity contribution in [2.45, 2.75) is 32.2 Å². The van der Waals surface area contributed by atoms with E-state index in [0.717, 1.165) is 0 Å².